The van der Waals surface area contributed by atoms with Gasteiger partial charge in [-0.25, -0.2) is 0 Å². The van der Waals surface area contributed by atoms with Crippen LogP contribution in [0.4, 0.5) is 0 Å². The van der Waals surface area contributed by atoms with Crippen LogP contribution in [0.25, 0.3) is 0 Å². The van der Waals surface area contributed by atoms with Crippen LogP contribution in [0.2, 0.25) is 0 Å². The molecule has 0 fully saturated rings. The molecule has 1 unspecified atom stereocenters. The van der Waals surface area contributed by atoms with E-state index >= 15 is 0 Å². The molecule has 0 aromatic heterocycles. The number of carbonyl (C=O) groups excluding carboxylic acids is 4. The van der Waals surface area contributed by atoms with Gasteiger partial charge in [0.1, 0.15) is 12.1 Å². The minimum absolute atomic E-state index is 0.0725. The zero-order valence-corrected chi connectivity index (χ0v) is 15.4. The van der Waals surface area contributed by atoms with Crippen molar-refractivity contribution in [3.8, 4) is 0 Å². The van der Waals surface area contributed by atoms with Crippen LogP contribution < -0.4 is 0 Å². The summed E-state index contributed by atoms with van der Waals surface area (Å²) in [6.07, 6.45) is -0.173. The Hall–Kier alpha value is -1.57. The monoisotopic (exact) mass is 346 g/mol. The molecular weight excluding hydrogens is 320 g/mol. The largest absolute Gasteiger partial charge is 0.462 e. The standard InChI is InChI=1S/C15H26N2O5S/c1-7-13(19)22-10(2)8-14(20)23-9-12(15(21)16(4)5)17(6)11(3)18/h10,12H,7-9H2,1-6H3/t10-,12?/m1/s1. The molecule has 0 aromatic rings. The molecule has 23 heavy (non-hydrogen) atoms. The van der Waals surface area contributed by atoms with Crippen molar-refractivity contribution in [2.45, 2.75) is 45.8 Å². The van der Waals surface area contributed by atoms with Crippen LogP contribution in [0.15, 0.2) is 0 Å². The maximum atomic E-state index is 12.1. The van der Waals surface area contributed by atoms with Crippen LogP contribution in [-0.2, 0) is 23.9 Å². The Balaban J connectivity index is 4.61. The molecule has 0 bridgehead atoms. The van der Waals surface area contributed by atoms with E-state index in [-0.39, 0.29) is 41.5 Å². The van der Waals surface area contributed by atoms with Crippen molar-refractivity contribution < 1.29 is 23.9 Å². The van der Waals surface area contributed by atoms with Gasteiger partial charge in [-0.2, -0.15) is 0 Å². The van der Waals surface area contributed by atoms with Crippen molar-refractivity contribution in [2.75, 3.05) is 26.9 Å². The van der Waals surface area contributed by atoms with Gasteiger partial charge >= 0.3 is 5.97 Å². The first-order chi connectivity index (χ1) is 10.6. The number of ether oxygens (including phenoxy) is 1. The van der Waals surface area contributed by atoms with Crippen molar-refractivity contribution in [3.63, 3.8) is 0 Å². The molecule has 2 atom stereocenters. The maximum Gasteiger partial charge on any atom is 0.305 e. The fraction of sp³-hybridized carbons (Fsp3) is 0.733. The molecule has 0 aliphatic rings. The van der Waals surface area contributed by atoms with E-state index in [1.807, 2.05) is 0 Å². The van der Waals surface area contributed by atoms with Crippen LogP contribution in [0, 0.1) is 0 Å². The summed E-state index contributed by atoms with van der Waals surface area (Å²) in [5.41, 5.74) is 0. The van der Waals surface area contributed by atoms with Crippen LogP contribution in [0.1, 0.15) is 33.6 Å². The Morgan fingerprint density at radius 1 is 1.13 bits per heavy atom. The Labute approximate surface area is 141 Å². The molecule has 2 amide bonds. The van der Waals surface area contributed by atoms with Crippen LogP contribution >= 0.6 is 11.8 Å². The summed E-state index contributed by atoms with van der Waals surface area (Å²) in [6.45, 7) is 4.70. The van der Waals surface area contributed by atoms with Gasteiger partial charge in [0, 0.05) is 40.2 Å². The van der Waals surface area contributed by atoms with E-state index in [2.05, 4.69) is 0 Å². The van der Waals surface area contributed by atoms with Gasteiger partial charge in [0.2, 0.25) is 11.8 Å². The Bertz CT molecular complexity index is 453. The van der Waals surface area contributed by atoms with Crippen molar-refractivity contribution >= 4 is 34.7 Å². The molecule has 0 spiro atoms. The third kappa shape index (κ3) is 8.01. The number of likely N-dealkylation sites (N-methyl/N-ethyl adjacent to an activating group) is 2. The van der Waals surface area contributed by atoms with Crippen molar-refractivity contribution in [1.82, 2.24) is 9.80 Å². The number of hydrogen-bond donors (Lipinski definition) is 0. The van der Waals surface area contributed by atoms with Gasteiger partial charge in [-0.3, -0.25) is 19.2 Å². The first kappa shape index (κ1) is 21.4. The number of carbonyl (C=O) groups is 4. The SMILES string of the molecule is CCC(=O)O[C@H](C)CC(=O)SCC(C(=O)N(C)C)N(C)C(C)=O. The van der Waals surface area contributed by atoms with Gasteiger partial charge < -0.3 is 14.5 Å². The lowest BCUT2D eigenvalue weighted by molar-refractivity contribution is -0.148. The maximum absolute atomic E-state index is 12.1. The van der Waals surface area contributed by atoms with Gasteiger partial charge in [-0.15, -0.1) is 0 Å². The first-order valence-electron chi connectivity index (χ1n) is 7.39. The molecule has 0 radical (unpaired) electrons. The summed E-state index contributed by atoms with van der Waals surface area (Å²) in [4.78, 5) is 49.5. The highest BCUT2D eigenvalue weighted by Crippen LogP contribution is 2.15. The summed E-state index contributed by atoms with van der Waals surface area (Å²) >= 11 is 0.967. The Morgan fingerprint density at radius 2 is 1.70 bits per heavy atom. The van der Waals surface area contributed by atoms with Crippen molar-refractivity contribution in [3.05, 3.63) is 0 Å². The molecule has 132 valence electrons. The van der Waals surface area contributed by atoms with Gasteiger partial charge in [-0.05, 0) is 6.92 Å². The first-order valence-corrected chi connectivity index (χ1v) is 8.38. The predicted molar refractivity (Wildman–Crippen MR) is 88.9 cm³/mol. The fourth-order valence-electron chi connectivity index (χ4n) is 1.68. The van der Waals surface area contributed by atoms with Crippen LogP contribution in [-0.4, -0.2) is 71.7 Å². The second-order valence-corrected chi connectivity index (χ2v) is 6.50. The molecule has 0 heterocycles. The zero-order valence-electron chi connectivity index (χ0n) is 14.6. The van der Waals surface area contributed by atoms with E-state index in [4.69, 9.17) is 4.74 Å². The molecule has 0 saturated heterocycles. The van der Waals surface area contributed by atoms with E-state index in [9.17, 15) is 19.2 Å². The third-order valence-corrected chi connectivity index (χ3v) is 4.14. The van der Waals surface area contributed by atoms with Crippen LogP contribution in [0.5, 0.6) is 0 Å². The summed E-state index contributed by atoms with van der Waals surface area (Å²) in [5.74, 6) is -0.676. The highest BCUT2D eigenvalue weighted by Gasteiger charge is 2.27. The van der Waals surface area contributed by atoms with Gasteiger partial charge in [-0.1, -0.05) is 18.7 Å². The number of nitrogens with zero attached hydrogens (tertiary/aromatic N) is 2. The van der Waals surface area contributed by atoms with Gasteiger partial charge in [0.25, 0.3) is 0 Å². The fourth-order valence-corrected chi connectivity index (χ4v) is 2.74. The van der Waals surface area contributed by atoms with E-state index < -0.39 is 12.1 Å². The lowest BCUT2D eigenvalue weighted by Gasteiger charge is -2.28. The smallest absolute Gasteiger partial charge is 0.305 e. The van der Waals surface area contributed by atoms with Crippen LogP contribution in [0.3, 0.4) is 0 Å². The van der Waals surface area contributed by atoms with Crippen molar-refractivity contribution in [2.24, 2.45) is 0 Å². The Kier molecular flexibility index (Phi) is 9.55. The highest BCUT2D eigenvalue weighted by atomic mass is 32.2. The molecule has 0 aliphatic heterocycles. The summed E-state index contributed by atoms with van der Waals surface area (Å²) in [5, 5.41) is -0.185. The predicted octanol–water partition coefficient (Wildman–Crippen LogP) is 0.913. The number of amides is 2. The molecule has 0 N–H and O–H groups in total. The minimum atomic E-state index is -0.704. The highest BCUT2D eigenvalue weighted by molar-refractivity contribution is 8.13. The van der Waals surface area contributed by atoms with E-state index in [0.29, 0.717) is 0 Å². The number of thioether (sulfide) groups is 1. The quantitative estimate of drug-likeness (QED) is 0.608. The molecule has 0 aliphatic carbocycles. The summed E-state index contributed by atoms with van der Waals surface area (Å²) in [6, 6.07) is -0.704. The number of esters is 1. The molecule has 8 heteroatoms. The number of hydrogen-bond acceptors (Lipinski definition) is 6. The summed E-state index contributed by atoms with van der Waals surface area (Å²) in [7, 11) is 4.73. The van der Waals surface area contributed by atoms with E-state index in [1.165, 1.54) is 23.8 Å². The lowest BCUT2D eigenvalue weighted by atomic mass is 10.2. The summed E-state index contributed by atoms with van der Waals surface area (Å²) < 4.78 is 5.04. The topological polar surface area (TPSA) is 84.0 Å². The average Bonchev–Trinajstić information content (AvgIpc) is 2.46. The minimum Gasteiger partial charge on any atom is -0.462 e. The molecule has 7 nitrogen and oxygen atoms in total. The van der Waals surface area contributed by atoms with E-state index in [0.717, 1.165) is 11.8 Å². The third-order valence-electron chi connectivity index (χ3n) is 3.17. The van der Waals surface area contributed by atoms with Crippen molar-refractivity contribution in [1.29, 1.82) is 0 Å². The lowest BCUT2D eigenvalue weighted by Crippen LogP contribution is -2.48. The molecule has 0 saturated carbocycles. The van der Waals surface area contributed by atoms with Gasteiger partial charge in [0.05, 0.1) is 6.42 Å². The normalized spacial score (nSPS) is 13.0. The van der Waals surface area contributed by atoms with E-state index in [1.54, 1.807) is 27.9 Å². The Morgan fingerprint density at radius 3 is 2.13 bits per heavy atom. The van der Waals surface area contributed by atoms with Gasteiger partial charge in [0.15, 0.2) is 5.12 Å². The second-order valence-electron chi connectivity index (χ2n) is 5.42. The zero-order chi connectivity index (χ0) is 18.2. The molecule has 0 rings (SSSR count). The second kappa shape index (κ2) is 10.3. The average molecular weight is 346 g/mol. The molecular formula is C15H26N2O5S. The molecule has 0 aromatic carbocycles. The number of rotatable bonds is 8.